The highest BCUT2D eigenvalue weighted by Crippen LogP contribution is 2.61. The van der Waals surface area contributed by atoms with Gasteiger partial charge in [-0.3, -0.25) is 0 Å². The molecule has 15 heteroatoms. The van der Waals surface area contributed by atoms with Gasteiger partial charge in [-0.2, -0.15) is 0 Å². The van der Waals surface area contributed by atoms with E-state index in [0.29, 0.717) is 77.3 Å². The van der Waals surface area contributed by atoms with Gasteiger partial charge in [0.1, 0.15) is 0 Å². The molecule has 10 nitrogen and oxygen atoms in total. The second-order valence-electron chi connectivity index (χ2n) is 24.4. The fraction of sp³-hybridized carbons (Fsp3) is 0.457. The molecule has 0 bridgehead atoms. The van der Waals surface area contributed by atoms with Crippen LogP contribution in [0.25, 0.3) is 0 Å². The normalized spacial score (nSPS) is 13.9. The summed E-state index contributed by atoms with van der Waals surface area (Å²) in [6, 6.07) is 46.9. The van der Waals surface area contributed by atoms with Crippen molar-refractivity contribution in [3.8, 4) is 0 Å². The number of thiocarbonyl (C=S) groups is 2. The predicted molar refractivity (Wildman–Crippen MR) is 382 cm³/mol. The lowest BCUT2D eigenvalue weighted by atomic mass is 9.92. The molecule has 6 aromatic rings. The van der Waals surface area contributed by atoms with Crippen molar-refractivity contribution < 1.29 is 9.63 Å². The lowest BCUT2D eigenvalue weighted by Crippen LogP contribution is -2.32. The minimum atomic E-state index is -1.10. The summed E-state index contributed by atoms with van der Waals surface area (Å²) in [6.45, 7) is 42.3. The smallest absolute Gasteiger partial charge is 0.248 e. The van der Waals surface area contributed by atoms with Crippen LogP contribution in [0.2, 0.25) is 0 Å². The first kappa shape index (κ1) is 69.1. The molecule has 2 saturated heterocycles. The summed E-state index contributed by atoms with van der Waals surface area (Å²) < 4.78 is 17.1. The number of nitrogens with one attached hydrogen (secondary N) is 4. The number of benzene rings is 6. The molecular formula is C70H99ClN8O2P2S2. The van der Waals surface area contributed by atoms with E-state index in [4.69, 9.17) is 45.3 Å². The standard InChI is InChI=1S/C35H49N4OPS.C26H38ClN2P.C9H12N2OS/c1-24(2)29-16-12-17-30(25(3)4)33(29)38-21-22-39(34-31(26(5)6)18-13-19-32(34)27(7)8)41(38)40-23-20-36-35(42)37-28-14-10-9-11-15-28;1-17(2)21-11-9-12-22(18(3)4)25(21)28-15-16-29(30(28)27)26-23(19(5)6)13-10-14-24(26)20(7)8;12-7-6-10-9(13)11-8-4-2-1-3-5-8/h9-19,24-27H,20-23H2,1-8H3,(H2,36,37,42);9-14,17-20H,15-16H2,1-8H3;1-5,12H,6-7H2,(H2,10,11,13). The number of hydrogen-bond donors (Lipinski definition) is 5. The molecular weight excluding hydrogens is 1150 g/mol. The van der Waals surface area contributed by atoms with Gasteiger partial charge in [0.15, 0.2) is 17.8 Å². The average molecular weight is 1250 g/mol. The van der Waals surface area contributed by atoms with Crippen molar-refractivity contribution in [2.24, 2.45) is 0 Å². The lowest BCUT2D eigenvalue weighted by molar-refractivity contribution is 0.300. The van der Waals surface area contributed by atoms with Gasteiger partial charge < -0.3 is 49.6 Å². The molecule has 8 rings (SSSR count). The quantitative estimate of drug-likeness (QED) is 0.0287. The number of anilines is 6. The van der Waals surface area contributed by atoms with Crippen LogP contribution in [0.5, 0.6) is 0 Å². The van der Waals surface area contributed by atoms with Crippen LogP contribution in [-0.2, 0) is 4.52 Å². The van der Waals surface area contributed by atoms with Crippen LogP contribution in [0.15, 0.2) is 133 Å². The Labute approximate surface area is 530 Å². The molecule has 0 aromatic heterocycles. The average Bonchev–Trinajstić information content (AvgIpc) is 3.04. The summed E-state index contributed by atoms with van der Waals surface area (Å²) in [7, 11) is -2.07. The Bertz CT molecular complexity index is 2810. The number of halogens is 1. The lowest BCUT2D eigenvalue weighted by Gasteiger charge is -2.36. The molecule has 6 aromatic carbocycles. The molecule has 2 aliphatic heterocycles. The first-order chi connectivity index (χ1) is 40.6. The third-order valence-electron chi connectivity index (χ3n) is 15.3. The predicted octanol–water partition coefficient (Wildman–Crippen LogP) is 19.7. The molecule has 5 N–H and O–H groups in total. The summed E-state index contributed by atoms with van der Waals surface area (Å²) >= 11 is 17.9. The van der Waals surface area contributed by atoms with E-state index in [0.717, 1.165) is 37.6 Å². The van der Waals surface area contributed by atoms with Gasteiger partial charge in [-0.1, -0.05) is 220 Å². The highest BCUT2D eigenvalue weighted by molar-refractivity contribution is 7.86. The maximum Gasteiger partial charge on any atom is 0.248 e. The first-order valence-electron chi connectivity index (χ1n) is 30.9. The van der Waals surface area contributed by atoms with Gasteiger partial charge in [0, 0.05) is 62.0 Å². The highest BCUT2D eigenvalue weighted by Gasteiger charge is 2.40. The topological polar surface area (TPSA) is 90.5 Å². The van der Waals surface area contributed by atoms with Crippen LogP contribution in [0.3, 0.4) is 0 Å². The second-order valence-corrected chi connectivity index (χ2v) is 29.3. The third-order valence-corrected chi connectivity index (χ3v) is 20.5. The SMILES string of the molecule is CC(C)c1cccc(C(C)C)c1N1CCN(c2c(C(C)C)cccc2C(C)C)P1Cl.CC(C)c1cccc(C(C)C)c1N1CCN(c2c(C(C)C)cccc2C(C)C)P1OCCNC(=S)Nc1ccccc1.OCCNC(=S)Nc1ccccc1. The van der Waals surface area contributed by atoms with Gasteiger partial charge in [0.05, 0.1) is 24.6 Å². The molecule has 0 spiro atoms. The molecule has 2 aliphatic rings. The van der Waals surface area contributed by atoms with Crippen molar-refractivity contribution in [3.05, 3.63) is 178 Å². The molecule has 0 saturated carbocycles. The zero-order chi connectivity index (χ0) is 62.1. The Morgan fingerprint density at radius 1 is 0.412 bits per heavy atom. The van der Waals surface area contributed by atoms with E-state index in [9.17, 15) is 0 Å². The Morgan fingerprint density at radius 3 is 0.941 bits per heavy atom. The van der Waals surface area contributed by atoms with E-state index >= 15 is 0 Å². The zero-order valence-electron chi connectivity index (χ0n) is 53.7. The summed E-state index contributed by atoms with van der Waals surface area (Å²) in [4.78, 5) is 0. The monoisotopic (exact) mass is 1240 g/mol. The van der Waals surface area contributed by atoms with Crippen LogP contribution >= 0.6 is 51.7 Å². The second kappa shape index (κ2) is 33.4. The first-order valence-corrected chi connectivity index (χ1v) is 35.0. The summed E-state index contributed by atoms with van der Waals surface area (Å²) in [5.41, 5.74) is 18.6. The fourth-order valence-electron chi connectivity index (χ4n) is 11.0. The number of aliphatic hydroxyl groups excluding tert-OH is 1. The van der Waals surface area contributed by atoms with Gasteiger partial charge in [0.25, 0.3) is 0 Å². The van der Waals surface area contributed by atoms with E-state index in [-0.39, 0.29) is 6.61 Å². The van der Waals surface area contributed by atoms with Crippen molar-refractivity contribution in [2.75, 3.05) is 81.8 Å². The van der Waals surface area contributed by atoms with E-state index in [1.54, 1.807) is 0 Å². The van der Waals surface area contributed by atoms with Gasteiger partial charge in [-0.15, -0.1) is 0 Å². The van der Waals surface area contributed by atoms with Crippen molar-refractivity contribution in [1.29, 1.82) is 0 Å². The van der Waals surface area contributed by atoms with Crippen LogP contribution < -0.4 is 39.9 Å². The minimum Gasteiger partial charge on any atom is -0.395 e. The van der Waals surface area contributed by atoms with Crippen molar-refractivity contribution >= 4 is 96.1 Å². The van der Waals surface area contributed by atoms with E-state index in [1.807, 2.05) is 60.7 Å². The van der Waals surface area contributed by atoms with Crippen molar-refractivity contribution in [2.45, 2.75) is 158 Å². The van der Waals surface area contributed by atoms with Gasteiger partial charge in [-0.25, -0.2) is 0 Å². The van der Waals surface area contributed by atoms with Gasteiger partial charge in [0.2, 0.25) is 8.45 Å². The number of hydrogen-bond acceptors (Lipinski definition) is 8. The molecule has 460 valence electrons. The number of aliphatic hydroxyl groups is 1. The van der Waals surface area contributed by atoms with Crippen LogP contribution in [0.4, 0.5) is 34.1 Å². The largest absolute Gasteiger partial charge is 0.395 e. The summed E-state index contributed by atoms with van der Waals surface area (Å²) in [6.07, 6.45) is 0. The highest BCUT2D eigenvalue weighted by atomic mass is 35.7. The molecule has 2 fully saturated rings. The minimum absolute atomic E-state index is 0.0800. The van der Waals surface area contributed by atoms with Crippen LogP contribution in [0.1, 0.15) is 203 Å². The third kappa shape index (κ3) is 18.3. The molecule has 0 atom stereocenters. The van der Waals surface area contributed by atoms with Crippen LogP contribution in [0, 0.1) is 0 Å². The van der Waals surface area contributed by atoms with E-state index in [1.165, 1.54) is 67.3 Å². The molecule has 0 amide bonds. The molecule has 2 heterocycles. The van der Waals surface area contributed by atoms with Crippen LogP contribution in [-0.4, -0.2) is 67.8 Å². The molecule has 0 radical (unpaired) electrons. The van der Waals surface area contributed by atoms with Gasteiger partial charge >= 0.3 is 0 Å². The Hall–Kier alpha value is -5.03. The number of nitrogens with zero attached hydrogens (tertiary/aromatic N) is 4. The molecule has 85 heavy (non-hydrogen) atoms. The Kier molecular flexibility index (Phi) is 27.1. The Balaban J connectivity index is 0.000000233. The van der Waals surface area contributed by atoms with E-state index in [2.05, 4.69) is 224 Å². The number of rotatable bonds is 20. The Morgan fingerprint density at radius 2 is 0.671 bits per heavy atom. The maximum absolute atomic E-state index is 8.53. The summed E-state index contributed by atoms with van der Waals surface area (Å²) in [5, 5.41) is 22.1. The molecule has 0 unspecified atom stereocenters. The van der Waals surface area contributed by atoms with Crippen molar-refractivity contribution in [3.63, 3.8) is 0 Å². The van der Waals surface area contributed by atoms with Crippen molar-refractivity contribution in [1.82, 2.24) is 10.6 Å². The maximum atomic E-state index is 8.53. The zero-order valence-corrected chi connectivity index (χ0v) is 57.9. The number of para-hydroxylation sites is 6. The summed E-state index contributed by atoms with van der Waals surface area (Å²) in [5.74, 6) is 3.57. The van der Waals surface area contributed by atoms with E-state index < -0.39 is 16.0 Å². The molecule has 0 aliphatic carbocycles. The van der Waals surface area contributed by atoms with Gasteiger partial charge in [-0.05, 0) is 152 Å². The fourth-order valence-corrected chi connectivity index (χ4v) is 16.0.